The highest BCUT2D eigenvalue weighted by atomic mass is 32.2. The molecule has 0 spiro atoms. The van der Waals surface area contributed by atoms with Crippen LogP contribution >= 0.6 is 11.8 Å². The van der Waals surface area contributed by atoms with Crippen molar-refractivity contribution in [1.82, 2.24) is 19.8 Å². The SMILES string of the molecule is CCN(CC)CCC[C@H](C)NC(=O)CCCSc1nc2ccccc2c(=O)n1-c1ccccc1F. The lowest BCUT2D eigenvalue weighted by Gasteiger charge is -2.19. The van der Waals surface area contributed by atoms with Crippen LogP contribution in [0.25, 0.3) is 16.6 Å². The average Bonchev–Trinajstić information content (AvgIpc) is 2.85. The molecule has 0 fully saturated rings. The van der Waals surface area contributed by atoms with Gasteiger partial charge in [0.05, 0.1) is 16.6 Å². The third kappa shape index (κ3) is 7.39. The van der Waals surface area contributed by atoms with Crippen LogP contribution in [0.15, 0.2) is 58.5 Å². The highest BCUT2D eigenvalue weighted by molar-refractivity contribution is 7.99. The first-order valence-corrected chi connectivity index (χ1v) is 13.3. The number of para-hydroxylation sites is 2. The number of benzene rings is 2. The van der Waals surface area contributed by atoms with Gasteiger partial charge >= 0.3 is 0 Å². The number of halogens is 1. The minimum absolute atomic E-state index is 0.0268. The molecule has 0 bridgehead atoms. The van der Waals surface area contributed by atoms with Gasteiger partial charge in [0.2, 0.25) is 5.91 Å². The molecule has 1 N–H and O–H groups in total. The van der Waals surface area contributed by atoms with Crippen molar-refractivity contribution in [2.45, 2.75) is 57.7 Å². The van der Waals surface area contributed by atoms with Crippen LogP contribution in [0.4, 0.5) is 4.39 Å². The second-order valence-corrected chi connectivity index (χ2v) is 9.66. The molecule has 35 heavy (non-hydrogen) atoms. The Hall–Kier alpha value is -2.71. The van der Waals surface area contributed by atoms with Crippen LogP contribution in [0.2, 0.25) is 0 Å². The lowest BCUT2D eigenvalue weighted by Crippen LogP contribution is -2.33. The van der Waals surface area contributed by atoms with Gasteiger partial charge < -0.3 is 10.2 Å². The summed E-state index contributed by atoms with van der Waals surface area (Å²) >= 11 is 1.36. The van der Waals surface area contributed by atoms with Gasteiger partial charge in [-0.1, -0.05) is 49.9 Å². The molecule has 0 saturated carbocycles. The first kappa shape index (κ1) is 26.9. The van der Waals surface area contributed by atoms with Gasteiger partial charge in [-0.05, 0) is 70.1 Å². The third-order valence-corrected chi connectivity index (χ3v) is 7.06. The lowest BCUT2D eigenvalue weighted by atomic mass is 10.1. The van der Waals surface area contributed by atoms with Gasteiger partial charge in [-0.3, -0.25) is 14.2 Å². The Bertz CT molecular complexity index is 1180. The molecule has 1 heterocycles. The summed E-state index contributed by atoms with van der Waals surface area (Å²) in [5, 5.41) is 3.94. The van der Waals surface area contributed by atoms with Gasteiger partial charge in [-0.25, -0.2) is 9.37 Å². The molecule has 0 aliphatic carbocycles. The maximum Gasteiger partial charge on any atom is 0.266 e. The molecule has 0 aliphatic rings. The molecule has 3 aromatic rings. The van der Waals surface area contributed by atoms with E-state index in [2.05, 4.69) is 29.0 Å². The number of carbonyl (C=O) groups excluding carboxylic acids is 1. The zero-order valence-electron chi connectivity index (χ0n) is 20.8. The van der Waals surface area contributed by atoms with E-state index in [0.29, 0.717) is 34.7 Å². The summed E-state index contributed by atoms with van der Waals surface area (Å²) < 4.78 is 15.9. The Morgan fingerprint density at radius 1 is 1.11 bits per heavy atom. The Labute approximate surface area is 210 Å². The van der Waals surface area contributed by atoms with Gasteiger partial charge in [0, 0.05) is 18.2 Å². The average molecular weight is 499 g/mol. The number of thioether (sulfide) groups is 1. The number of amides is 1. The van der Waals surface area contributed by atoms with E-state index in [1.54, 1.807) is 36.4 Å². The molecule has 0 saturated heterocycles. The molecular formula is C27H35FN4O2S. The quantitative estimate of drug-likeness (QED) is 0.204. The van der Waals surface area contributed by atoms with E-state index in [9.17, 15) is 14.0 Å². The van der Waals surface area contributed by atoms with Gasteiger partial charge in [0.1, 0.15) is 5.82 Å². The molecule has 0 unspecified atom stereocenters. The predicted molar refractivity (Wildman–Crippen MR) is 142 cm³/mol. The van der Waals surface area contributed by atoms with Crippen LogP contribution in [0, 0.1) is 5.82 Å². The smallest absolute Gasteiger partial charge is 0.266 e. The van der Waals surface area contributed by atoms with E-state index in [1.807, 2.05) is 13.0 Å². The topological polar surface area (TPSA) is 67.2 Å². The van der Waals surface area contributed by atoms with E-state index in [0.717, 1.165) is 32.5 Å². The first-order chi connectivity index (χ1) is 16.9. The van der Waals surface area contributed by atoms with E-state index in [-0.39, 0.29) is 23.2 Å². The molecule has 188 valence electrons. The maximum absolute atomic E-state index is 14.6. The van der Waals surface area contributed by atoms with E-state index < -0.39 is 5.82 Å². The third-order valence-electron chi connectivity index (χ3n) is 6.03. The van der Waals surface area contributed by atoms with Gasteiger partial charge in [-0.15, -0.1) is 0 Å². The first-order valence-electron chi connectivity index (χ1n) is 12.4. The normalized spacial score (nSPS) is 12.3. The molecular weight excluding hydrogens is 463 g/mol. The molecule has 1 aromatic heterocycles. The maximum atomic E-state index is 14.6. The van der Waals surface area contributed by atoms with Crippen molar-refractivity contribution in [2.75, 3.05) is 25.4 Å². The van der Waals surface area contributed by atoms with Crippen molar-refractivity contribution >= 4 is 28.6 Å². The second-order valence-electron chi connectivity index (χ2n) is 8.59. The molecule has 8 heteroatoms. The molecule has 1 atom stereocenters. The Morgan fingerprint density at radius 2 is 1.83 bits per heavy atom. The fourth-order valence-corrected chi connectivity index (χ4v) is 4.98. The number of carbonyl (C=O) groups is 1. The summed E-state index contributed by atoms with van der Waals surface area (Å²) in [7, 11) is 0. The van der Waals surface area contributed by atoms with E-state index in [4.69, 9.17) is 0 Å². The molecule has 0 aliphatic heterocycles. The fourth-order valence-electron chi connectivity index (χ4n) is 4.03. The minimum Gasteiger partial charge on any atom is -0.354 e. The van der Waals surface area contributed by atoms with Crippen LogP contribution < -0.4 is 10.9 Å². The fraction of sp³-hybridized carbons (Fsp3) is 0.444. The second kappa shape index (κ2) is 13.4. The summed E-state index contributed by atoms with van der Waals surface area (Å²) in [6, 6.07) is 13.4. The summed E-state index contributed by atoms with van der Waals surface area (Å²) in [5.41, 5.74) is 0.442. The molecule has 6 nitrogen and oxygen atoms in total. The number of hydrogen-bond acceptors (Lipinski definition) is 5. The Balaban J connectivity index is 1.59. The number of fused-ring (bicyclic) bond motifs is 1. The Morgan fingerprint density at radius 3 is 2.57 bits per heavy atom. The van der Waals surface area contributed by atoms with Crippen molar-refractivity contribution < 1.29 is 9.18 Å². The highest BCUT2D eigenvalue weighted by Gasteiger charge is 2.16. The van der Waals surface area contributed by atoms with Crippen molar-refractivity contribution in [2.24, 2.45) is 0 Å². The van der Waals surface area contributed by atoms with Gasteiger partial charge in [-0.2, -0.15) is 0 Å². The molecule has 1 amide bonds. The Kier molecular flexibility index (Phi) is 10.3. The van der Waals surface area contributed by atoms with Crippen LogP contribution in [0.3, 0.4) is 0 Å². The zero-order chi connectivity index (χ0) is 25.2. The number of rotatable bonds is 13. The zero-order valence-corrected chi connectivity index (χ0v) is 21.6. The molecule has 2 aromatic carbocycles. The van der Waals surface area contributed by atoms with E-state index >= 15 is 0 Å². The largest absolute Gasteiger partial charge is 0.354 e. The van der Waals surface area contributed by atoms with Crippen LogP contribution in [0.1, 0.15) is 46.5 Å². The lowest BCUT2D eigenvalue weighted by molar-refractivity contribution is -0.121. The number of aromatic nitrogens is 2. The monoisotopic (exact) mass is 498 g/mol. The van der Waals surface area contributed by atoms with Crippen molar-refractivity contribution in [1.29, 1.82) is 0 Å². The standard InChI is InChI=1S/C27H35FN4O2S/c1-4-31(5-2)18-10-12-20(3)29-25(33)17-11-19-35-27-30-23-15-8-6-13-21(23)26(34)32(27)24-16-9-7-14-22(24)28/h6-9,13-16,20H,4-5,10-12,17-19H2,1-3H3,(H,29,33)/t20-/m0/s1. The van der Waals surface area contributed by atoms with Crippen molar-refractivity contribution in [3.63, 3.8) is 0 Å². The molecule has 0 radical (unpaired) electrons. The van der Waals surface area contributed by atoms with Crippen LogP contribution in [-0.4, -0.2) is 51.8 Å². The minimum atomic E-state index is -0.483. The predicted octanol–water partition coefficient (Wildman–Crippen LogP) is 5.02. The molecule has 3 rings (SSSR count). The highest BCUT2D eigenvalue weighted by Crippen LogP contribution is 2.23. The van der Waals surface area contributed by atoms with Gasteiger partial charge in [0.15, 0.2) is 5.16 Å². The van der Waals surface area contributed by atoms with Crippen LogP contribution in [-0.2, 0) is 4.79 Å². The number of nitrogens with zero attached hydrogens (tertiary/aromatic N) is 3. The summed E-state index contributed by atoms with van der Waals surface area (Å²) in [6.45, 7) is 9.51. The summed E-state index contributed by atoms with van der Waals surface area (Å²) in [6.07, 6.45) is 3.03. The van der Waals surface area contributed by atoms with Gasteiger partial charge in [0.25, 0.3) is 5.56 Å². The number of nitrogens with one attached hydrogen (secondary N) is 1. The van der Waals surface area contributed by atoms with Crippen molar-refractivity contribution in [3.8, 4) is 5.69 Å². The van der Waals surface area contributed by atoms with Crippen LogP contribution in [0.5, 0.6) is 0 Å². The summed E-state index contributed by atoms with van der Waals surface area (Å²) in [5.74, 6) is 0.130. The van der Waals surface area contributed by atoms with Crippen molar-refractivity contribution in [3.05, 3.63) is 64.7 Å². The summed E-state index contributed by atoms with van der Waals surface area (Å²) in [4.78, 5) is 32.6. The van der Waals surface area contributed by atoms with E-state index in [1.165, 1.54) is 22.4 Å². The number of hydrogen-bond donors (Lipinski definition) is 1.